The van der Waals surface area contributed by atoms with E-state index in [9.17, 15) is 35.9 Å². The zero-order chi connectivity index (χ0) is 22.7. The van der Waals surface area contributed by atoms with E-state index in [1.54, 1.807) is 6.92 Å². The number of carbonyl (C=O) groups excluding carboxylic acids is 2. The van der Waals surface area contributed by atoms with Crippen LogP contribution >= 0.6 is 0 Å². The number of esters is 1. The van der Waals surface area contributed by atoms with Gasteiger partial charge in [-0.1, -0.05) is 43.3 Å². The number of carbonyl (C=O) groups is 2. The number of alkyl halides is 6. The van der Waals surface area contributed by atoms with E-state index in [0.29, 0.717) is 24.6 Å². The quantitative estimate of drug-likeness (QED) is 0.242. The lowest BCUT2D eigenvalue weighted by Crippen LogP contribution is -2.30. The molecule has 0 aliphatic carbocycles. The molecular formula is C21H18F6O3. The molecule has 0 heterocycles. The lowest BCUT2D eigenvalue weighted by atomic mass is 9.85. The molecule has 0 radical (unpaired) electrons. The largest absolute Gasteiger partial charge is 0.462 e. The maximum atomic E-state index is 13.5. The first-order chi connectivity index (χ1) is 13.9. The molecular weight excluding hydrogens is 414 g/mol. The maximum absolute atomic E-state index is 13.5. The first-order valence-corrected chi connectivity index (χ1v) is 8.95. The summed E-state index contributed by atoms with van der Waals surface area (Å²) < 4.78 is 85.9. The molecule has 2 aromatic rings. The van der Waals surface area contributed by atoms with Gasteiger partial charge in [0.2, 0.25) is 0 Å². The second-order valence-corrected chi connectivity index (χ2v) is 6.59. The lowest BCUT2D eigenvalue weighted by Gasteiger charge is -2.22. The number of Topliss-reactive ketones (excluding diaryl/α,β-unsaturated/α-hetero) is 1. The average Bonchev–Trinajstić information content (AvgIpc) is 2.66. The Morgan fingerprint density at radius 3 is 1.80 bits per heavy atom. The van der Waals surface area contributed by atoms with Crippen molar-refractivity contribution in [1.29, 1.82) is 0 Å². The molecule has 3 nitrogen and oxygen atoms in total. The van der Waals surface area contributed by atoms with Crippen LogP contribution in [0.2, 0.25) is 0 Å². The van der Waals surface area contributed by atoms with Gasteiger partial charge >= 0.3 is 18.3 Å². The molecule has 9 heteroatoms. The highest BCUT2D eigenvalue weighted by molar-refractivity contribution is 6.14. The van der Waals surface area contributed by atoms with E-state index >= 15 is 0 Å². The van der Waals surface area contributed by atoms with Gasteiger partial charge in [0.1, 0.15) is 5.92 Å². The molecule has 2 unspecified atom stereocenters. The zero-order valence-corrected chi connectivity index (χ0v) is 16.0. The first-order valence-electron chi connectivity index (χ1n) is 8.95. The Labute approximate surface area is 168 Å². The molecule has 0 saturated carbocycles. The van der Waals surface area contributed by atoms with Crippen LogP contribution in [0.3, 0.4) is 0 Å². The van der Waals surface area contributed by atoms with Crippen LogP contribution in [0.5, 0.6) is 0 Å². The number of hydrogen-bond donors (Lipinski definition) is 0. The second-order valence-electron chi connectivity index (χ2n) is 6.59. The molecule has 0 aliphatic heterocycles. The predicted molar refractivity (Wildman–Crippen MR) is 95.8 cm³/mol. The summed E-state index contributed by atoms with van der Waals surface area (Å²) in [5, 5.41) is 0. The Morgan fingerprint density at radius 1 is 0.867 bits per heavy atom. The van der Waals surface area contributed by atoms with E-state index in [1.165, 1.54) is 37.3 Å². The van der Waals surface area contributed by atoms with Crippen LogP contribution in [-0.2, 0) is 21.9 Å². The van der Waals surface area contributed by atoms with Crippen molar-refractivity contribution < 1.29 is 40.7 Å². The summed E-state index contributed by atoms with van der Waals surface area (Å²) in [6.07, 6.45) is -10.8. The number of ether oxygens (including phenoxy) is 1. The Kier molecular flexibility index (Phi) is 6.95. The molecule has 0 amide bonds. The van der Waals surface area contributed by atoms with Crippen LogP contribution in [0.1, 0.15) is 53.2 Å². The predicted octanol–water partition coefficient (Wildman–Crippen LogP) is 6.03. The molecule has 2 rings (SSSR count). The minimum Gasteiger partial charge on any atom is -0.462 e. The van der Waals surface area contributed by atoms with E-state index in [2.05, 4.69) is 0 Å². The second kappa shape index (κ2) is 8.89. The van der Waals surface area contributed by atoms with Crippen molar-refractivity contribution in [2.45, 2.75) is 44.6 Å². The Morgan fingerprint density at radius 2 is 1.37 bits per heavy atom. The van der Waals surface area contributed by atoms with Crippen LogP contribution < -0.4 is 0 Å². The highest BCUT2D eigenvalue weighted by atomic mass is 19.4. The molecule has 0 aromatic heterocycles. The minimum atomic E-state index is -5.24. The van der Waals surface area contributed by atoms with Crippen molar-refractivity contribution in [2.24, 2.45) is 0 Å². The summed E-state index contributed by atoms with van der Waals surface area (Å²) in [5.41, 5.74) is -5.20. The summed E-state index contributed by atoms with van der Waals surface area (Å²) in [6.45, 7) is 3.16. The average molecular weight is 432 g/mol. The third kappa shape index (κ3) is 5.20. The highest BCUT2D eigenvalue weighted by Crippen LogP contribution is 2.41. The molecule has 0 bridgehead atoms. The van der Waals surface area contributed by atoms with Gasteiger partial charge < -0.3 is 4.74 Å². The van der Waals surface area contributed by atoms with Crippen LogP contribution in [-0.4, -0.2) is 17.9 Å². The summed E-state index contributed by atoms with van der Waals surface area (Å²) >= 11 is 0. The summed E-state index contributed by atoms with van der Waals surface area (Å²) in [6, 6.07) is 8.20. The number of ketones is 1. The first kappa shape index (κ1) is 23.4. The van der Waals surface area contributed by atoms with Gasteiger partial charge in [-0.05, 0) is 31.0 Å². The molecule has 0 aliphatic rings. The zero-order valence-electron chi connectivity index (χ0n) is 16.0. The van der Waals surface area contributed by atoms with E-state index in [0.717, 1.165) is 0 Å². The van der Waals surface area contributed by atoms with E-state index in [-0.39, 0.29) is 5.56 Å². The molecule has 0 saturated heterocycles. The maximum Gasteiger partial charge on any atom is 0.417 e. The fourth-order valence-corrected chi connectivity index (χ4v) is 2.82. The normalized spacial score (nSPS) is 14.1. The SMILES string of the molecule is CCC(C)OC(=O)C(C(=O)c1c(C(F)(F)F)cccc1C(F)(F)F)c1ccccc1. The van der Waals surface area contributed by atoms with Crippen molar-refractivity contribution >= 4 is 11.8 Å². The smallest absolute Gasteiger partial charge is 0.417 e. The van der Waals surface area contributed by atoms with Crippen molar-refractivity contribution in [3.05, 3.63) is 70.8 Å². The molecule has 162 valence electrons. The molecule has 0 spiro atoms. The van der Waals surface area contributed by atoms with Crippen molar-refractivity contribution in [1.82, 2.24) is 0 Å². The molecule has 2 atom stereocenters. The number of hydrogen-bond acceptors (Lipinski definition) is 3. The van der Waals surface area contributed by atoms with Crippen molar-refractivity contribution in [2.75, 3.05) is 0 Å². The van der Waals surface area contributed by atoms with Crippen LogP contribution in [0.25, 0.3) is 0 Å². The molecule has 0 fully saturated rings. The fourth-order valence-electron chi connectivity index (χ4n) is 2.82. The lowest BCUT2D eigenvalue weighted by molar-refractivity contribution is -0.150. The van der Waals surface area contributed by atoms with Gasteiger partial charge in [-0.25, -0.2) is 0 Å². The summed E-state index contributed by atoms with van der Waals surface area (Å²) in [5.74, 6) is -4.83. The van der Waals surface area contributed by atoms with Crippen LogP contribution in [0.4, 0.5) is 26.3 Å². The highest BCUT2D eigenvalue weighted by Gasteiger charge is 2.45. The van der Waals surface area contributed by atoms with Gasteiger partial charge in [-0.3, -0.25) is 9.59 Å². The van der Waals surface area contributed by atoms with Gasteiger partial charge in [-0.15, -0.1) is 0 Å². The van der Waals surface area contributed by atoms with Gasteiger partial charge in [-0.2, -0.15) is 26.3 Å². The third-order valence-electron chi connectivity index (χ3n) is 4.44. The molecule has 30 heavy (non-hydrogen) atoms. The van der Waals surface area contributed by atoms with E-state index in [1.807, 2.05) is 0 Å². The van der Waals surface area contributed by atoms with Crippen LogP contribution in [0, 0.1) is 0 Å². The topological polar surface area (TPSA) is 43.4 Å². The Bertz CT molecular complexity index is 871. The number of benzene rings is 2. The van der Waals surface area contributed by atoms with Crippen molar-refractivity contribution in [3.8, 4) is 0 Å². The van der Waals surface area contributed by atoms with E-state index in [4.69, 9.17) is 4.74 Å². The van der Waals surface area contributed by atoms with Gasteiger partial charge in [0.15, 0.2) is 5.78 Å². The van der Waals surface area contributed by atoms with Gasteiger partial charge in [0, 0.05) is 5.56 Å². The summed E-state index contributed by atoms with van der Waals surface area (Å²) in [7, 11) is 0. The summed E-state index contributed by atoms with van der Waals surface area (Å²) in [4.78, 5) is 25.7. The molecule has 0 N–H and O–H groups in total. The van der Waals surface area contributed by atoms with Gasteiger partial charge in [0.25, 0.3) is 0 Å². The van der Waals surface area contributed by atoms with E-state index < -0.39 is 52.8 Å². The molecule has 2 aromatic carbocycles. The Hall–Kier alpha value is -2.84. The van der Waals surface area contributed by atoms with Crippen LogP contribution in [0.15, 0.2) is 48.5 Å². The van der Waals surface area contributed by atoms with Gasteiger partial charge in [0.05, 0.1) is 17.2 Å². The monoisotopic (exact) mass is 432 g/mol. The number of rotatable bonds is 6. The fraction of sp³-hybridized carbons (Fsp3) is 0.333. The third-order valence-corrected chi connectivity index (χ3v) is 4.44. The number of halogens is 6. The Balaban J connectivity index is 2.73. The van der Waals surface area contributed by atoms with Crippen molar-refractivity contribution in [3.63, 3.8) is 0 Å². The minimum absolute atomic E-state index is 0.0686. The standard InChI is InChI=1S/C21H18F6O3/c1-3-12(2)30-19(29)16(13-8-5-4-6-9-13)18(28)17-14(20(22,23)24)10-7-11-15(17)21(25,26)27/h4-12,16H,3H2,1-2H3.